The first-order valence-corrected chi connectivity index (χ1v) is 4.63. The number of hydrogen-bond donors (Lipinski definition) is 1. The second-order valence-electron chi connectivity index (χ2n) is 4.00. The Kier molecular flexibility index (Phi) is 3.36. The summed E-state index contributed by atoms with van der Waals surface area (Å²) in [6, 6.07) is 7.42. The largest absolute Gasteiger partial charge is 0.488 e. The lowest BCUT2D eigenvalue weighted by Crippen LogP contribution is -2.22. The van der Waals surface area contributed by atoms with Gasteiger partial charge in [0.05, 0.1) is 0 Å². The van der Waals surface area contributed by atoms with Crippen LogP contribution in [0.1, 0.15) is 20.8 Å². The summed E-state index contributed by atoms with van der Waals surface area (Å²) in [6.45, 7) is 6.23. The lowest BCUT2D eigenvalue weighted by molar-refractivity contribution is 0.131. The van der Waals surface area contributed by atoms with Gasteiger partial charge in [-0.15, -0.1) is 0 Å². The predicted molar refractivity (Wildman–Crippen MR) is 56.5 cm³/mol. The molecule has 14 heavy (non-hydrogen) atoms. The van der Waals surface area contributed by atoms with Gasteiger partial charge in [0.15, 0.2) is 0 Å². The molecule has 3 heteroatoms. The number of hydrogen-bond acceptors (Lipinski definition) is 3. The summed E-state index contributed by atoms with van der Waals surface area (Å²) < 4.78 is 10.8. The number of nitrogens with two attached hydrogens (primary N) is 1. The van der Waals surface area contributed by atoms with Crippen LogP contribution in [0.25, 0.3) is 0 Å². The van der Waals surface area contributed by atoms with E-state index in [1.165, 1.54) is 0 Å². The van der Waals surface area contributed by atoms with Crippen molar-refractivity contribution in [3.05, 3.63) is 24.3 Å². The van der Waals surface area contributed by atoms with Crippen molar-refractivity contribution in [3.63, 3.8) is 0 Å². The van der Waals surface area contributed by atoms with Crippen LogP contribution >= 0.6 is 0 Å². The van der Waals surface area contributed by atoms with Crippen LogP contribution in [-0.4, -0.2) is 12.3 Å². The molecule has 3 nitrogen and oxygen atoms in total. The van der Waals surface area contributed by atoms with Crippen molar-refractivity contribution in [2.24, 2.45) is 5.73 Å². The van der Waals surface area contributed by atoms with Gasteiger partial charge in [0, 0.05) is 0 Å². The first-order chi connectivity index (χ1) is 6.51. The van der Waals surface area contributed by atoms with Gasteiger partial charge in [-0.2, -0.15) is 0 Å². The Morgan fingerprint density at radius 3 is 2.00 bits per heavy atom. The molecule has 0 aliphatic heterocycles. The van der Waals surface area contributed by atoms with Crippen LogP contribution in [0.2, 0.25) is 0 Å². The first kappa shape index (κ1) is 10.9. The van der Waals surface area contributed by atoms with Gasteiger partial charge < -0.3 is 9.47 Å². The second kappa shape index (κ2) is 4.33. The number of ether oxygens (including phenoxy) is 2. The summed E-state index contributed by atoms with van der Waals surface area (Å²) in [5, 5.41) is 0. The quantitative estimate of drug-likeness (QED) is 0.752. The third-order valence-corrected chi connectivity index (χ3v) is 1.50. The van der Waals surface area contributed by atoms with E-state index in [1.54, 1.807) is 0 Å². The molecule has 0 unspecified atom stereocenters. The Labute approximate surface area is 84.8 Å². The second-order valence-corrected chi connectivity index (χ2v) is 4.00. The smallest absolute Gasteiger partial charge is 0.137 e. The molecular formula is C11H17NO2. The Morgan fingerprint density at radius 1 is 1.07 bits per heavy atom. The molecule has 1 aromatic carbocycles. The molecule has 0 aliphatic rings. The molecule has 0 bridgehead atoms. The van der Waals surface area contributed by atoms with Crippen molar-refractivity contribution < 1.29 is 9.47 Å². The van der Waals surface area contributed by atoms with Gasteiger partial charge in [0.25, 0.3) is 0 Å². The Morgan fingerprint density at radius 2 is 1.57 bits per heavy atom. The van der Waals surface area contributed by atoms with E-state index in [0.29, 0.717) is 0 Å². The van der Waals surface area contributed by atoms with E-state index < -0.39 is 0 Å². The first-order valence-electron chi connectivity index (χ1n) is 4.63. The van der Waals surface area contributed by atoms with Crippen LogP contribution in [0, 0.1) is 0 Å². The Hall–Kier alpha value is -1.22. The van der Waals surface area contributed by atoms with Gasteiger partial charge in [-0.05, 0) is 45.0 Å². The molecule has 0 heterocycles. The molecular weight excluding hydrogens is 178 g/mol. The molecule has 0 radical (unpaired) electrons. The van der Waals surface area contributed by atoms with Gasteiger partial charge in [-0.25, -0.2) is 0 Å². The highest BCUT2D eigenvalue weighted by Gasteiger charge is 2.11. The SMILES string of the molecule is CC(C)(C)Oc1ccc(OCN)cc1. The van der Waals surface area contributed by atoms with Crippen LogP contribution in [0.5, 0.6) is 11.5 Å². The van der Waals surface area contributed by atoms with E-state index in [9.17, 15) is 0 Å². The average molecular weight is 195 g/mol. The minimum absolute atomic E-state index is 0.170. The molecule has 0 spiro atoms. The highest BCUT2D eigenvalue weighted by Crippen LogP contribution is 2.21. The van der Waals surface area contributed by atoms with Crippen molar-refractivity contribution in [2.45, 2.75) is 26.4 Å². The molecule has 0 aromatic heterocycles. The Bertz CT molecular complexity index is 274. The highest BCUT2D eigenvalue weighted by molar-refractivity contribution is 5.31. The maximum atomic E-state index is 5.65. The van der Waals surface area contributed by atoms with Crippen molar-refractivity contribution in [2.75, 3.05) is 6.73 Å². The van der Waals surface area contributed by atoms with Crippen LogP contribution in [0.15, 0.2) is 24.3 Å². The van der Waals surface area contributed by atoms with Crippen LogP contribution < -0.4 is 15.2 Å². The van der Waals surface area contributed by atoms with E-state index in [2.05, 4.69) is 0 Å². The summed E-state index contributed by atoms with van der Waals surface area (Å²) in [5.74, 6) is 1.59. The monoisotopic (exact) mass is 195 g/mol. The molecule has 1 aromatic rings. The zero-order valence-electron chi connectivity index (χ0n) is 8.91. The molecule has 2 N–H and O–H groups in total. The molecule has 1 rings (SSSR count). The van der Waals surface area contributed by atoms with Gasteiger partial charge >= 0.3 is 0 Å². The topological polar surface area (TPSA) is 44.5 Å². The lowest BCUT2D eigenvalue weighted by Gasteiger charge is -2.21. The van der Waals surface area contributed by atoms with Crippen molar-refractivity contribution in [1.29, 1.82) is 0 Å². The standard InChI is InChI=1S/C11H17NO2/c1-11(2,3)14-10-6-4-9(5-7-10)13-8-12/h4-7H,8,12H2,1-3H3. The molecule has 0 amide bonds. The highest BCUT2D eigenvalue weighted by atomic mass is 16.5. The summed E-state index contributed by atoms with van der Waals surface area (Å²) in [6.07, 6.45) is 0. The molecule has 78 valence electrons. The zero-order valence-corrected chi connectivity index (χ0v) is 8.91. The number of benzene rings is 1. The van der Waals surface area contributed by atoms with Gasteiger partial charge in [-0.1, -0.05) is 0 Å². The van der Waals surface area contributed by atoms with E-state index in [4.69, 9.17) is 15.2 Å². The number of rotatable bonds is 3. The summed E-state index contributed by atoms with van der Waals surface area (Å²) in [5.41, 5.74) is 5.08. The normalized spacial score (nSPS) is 11.1. The van der Waals surface area contributed by atoms with E-state index in [0.717, 1.165) is 11.5 Å². The maximum absolute atomic E-state index is 5.65. The summed E-state index contributed by atoms with van der Waals surface area (Å²) in [7, 11) is 0. The fraction of sp³-hybridized carbons (Fsp3) is 0.455. The van der Waals surface area contributed by atoms with Gasteiger partial charge in [0.1, 0.15) is 23.8 Å². The van der Waals surface area contributed by atoms with E-state index in [-0.39, 0.29) is 12.3 Å². The molecule has 0 aliphatic carbocycles. The fourth-order valence-corrected chi connectivity index (χ4v) is 1.05. The minimum Gasteiger partial charge on any atom is -0.488 e. The fourth-order valence-electron chi connectivity index (χ4n) is 1.05. The molecule has 0 fully saturated rings. The summed E-state index contributed by atoms with van der Waals surface area (Å²) >= 11 is 0. The van der Waals surface area contributed by atoms with Crippen molar-refractivity contribution in [3.8, 4) is 11.5 Å². The predicted octanol–water partition coefficient (Wildman–Crippen LogP) is 2.16. The summed E-state index contributed by atoms with van der Waals surface area (Å²) in [4.78, 5) is 0. The van der Waals surface area contributed by atoms with Crippen molar-refractivity contribution >= 4 is 0 Å². The molecule has 0 saturated heterocycles. The van der Waals surface area contributed by atoms with Gasteiger partial charge in [-0.3, -0.25) is 5.73 Å². The van der Waals surface area contributed by atoms with Crippen LogP contribution in [-0.2, 0) is 0 Å². The third-order valence-electron chi connectivity index (χ3n) is 1.50. The van der Waals surface area contributed by atoms with Gasteiger partial charge in [0.2, 0.25) is 0 Å². The minimum atomic E-state index is -0.170. The van der Waals surface area contributed by atoms with Crippen molar-refractivity contribution in [1.82, 2.24) is 0 Å². The third kappa shape index (κ3) is 3.66. The maximum Gasteiger partial charge on any atom is 0.137 e. The Balaban J connectivity index is 2.64. The molecule has 0 saturated carbocycles. The van der Waals surface area contributed by atoms with Crippen LogP contribution in [0.4, 0.5) is 0 Å². The average Bonchev–Trinajstić information content (AvgIpc) is 2.06. The van der Waals surface area contributed by atoms with E-state index in [1.807, 2.05) is 45.0 Å². The zero-order chi connectivity index (χ0) is 10.6. The van der Waals surface area contributed by atoms with Crippen LogP contribution in [0.3, 0.4) is 0 Å². The molecule has 0 atom stereocenters. The lowest BCUT2D eigenvalue weighted by atomic mass is 10.2. The van der Waals surface area contributed by atoms with E-state index >= 15 is 0 Å².